The molecule has 0 aliphatic heterocycles. The van der Waals surface area contributed by atoms with E-state index in [9.17, 15) is 4.79 Å². The summed E-state index contributed by atoms with van der Waals surface area (Å²) in [6, 6.07) is 14.6. The molecule has 0 unspecified atom stereocenters. The zero-order valence-electron chi connectivity index (χ0n) is 17.1. The second-order valence-electron chi connectivity index (χ2n) is 6.96. The first-order valence-corrected chi connectivity index (χ1v) is 10.3. The molecule has 0 fully saturated rings. The zero-order valence-corrected chi connectivity index (χ0v) is 17.8. The van der Waals surface area contributed by atoms with Gasteiger partial charge in [-0.2, -0.15) is 0 Å². The van der Waals surface area contributed by atoms with Crippen molar-refractivity contribution in [3.63, 3.8) is 0 Å². The number of anilines is 3. The van der Waals surface area contributed by atoms with Crippen LogP contribution in [0.2, 0.25) is 5.02 Å². The molecule has 0 radical (unpaired) electrons. The van der Waals surface area contributed by atoms with Gasteiger partial charge in [0, 0.05) is 47.7 Å². The van der Waals surface area contributed by atoms with Crippen molar-refractivity contribution in [1.29, 1.82) is 0 Å². The van der Waals surface area contributed by atoms with Crippen LogP contribution in [-0.2, 0) is 11.4 Å². The van der Waals surface area contributed by atoms with Crippen LogP contribution in [0.5, 0.6) is 5.75 Å². The maximum atomic E-state index is 11.9. The van der Waals surface area contributed by atoms with Gasteiger partial charge in [-0.25, -0.2) is 9.97 Å². The smallest absolute Gasteiger partial charge is 0.225 e. The molecule has 0 saturated carbocycles. The first kappa shape index (κ1) is 21.5. The van der Waals surface area contributed by atoms with Crippen molar-refractivity contribution in [3.05, 3.63) is 77.8 Å². The highest BCUT2D eigenvalue weighted by Crippen LogP contribution is 2.31. The van der Waals surface area contributed by atoms with Gasteiger partial charge in [0.25, 0.3) is 0 Å². The van der Waals surface area contributed by atoms with Crippen LogP contribution in [0, 0.1) is 0 Å². The molecule has 8 nitrogen and oxygen atoms in total. The highest BCUT2D eigenvalue weighted by Gasteiger charge is 2.09. The van der Waals surface area contributed by atoms with Gasteiger partial charge in [-0.05, 0) is 42.5 Å². The molecule has 0 aliphatic rings. The summed E-state index contributed by atoms with van der Waals surface area (Å²) < 4.78 is 5.80. The van der Waals surface area contributed by atoms with E-state index in [-0.39, 0.29) is 18.9 Å². The summed E-state index contributed by atoms with van der Waals surface area (Å²) in [5, 5.41) is 7.31. The number of aromatic nitrogens is 3. The van der Waals surface area contributed by atoms with Crippen LogP contribution in [0.3, 0.4) is 0 Å². The van der Waals surface area contributed by atoms with E-state index in [1.807, 2.05) is 30.3 Å². The molecule has 4 aromatic rings. The van der Waals surface area contributed by atoms with Gasteiger partial charge in [0.05, 0.1) is 10.5 Å². The predicted molar refractivity (Wildman–Crippen MR) is 125 cm³/mol. The molecule has 2 aromatic carbocycles. The topological polar surface area (TPSA) is 115 Å². The Kier molecular flexibility index (Phi) is 6.74. The normalized spacial score (nSPS) is 10.7. The minimum absolute atomic E-state index is 0.146. The van der Waals surface area contributed by atoms with Gasteiger partial charge >= 0.3 is 0 Å². The van der Waals surface area contributed by atoms with Crippen molar-refractivity contribution in [1.82, 2.24) is 15.0 Å². The quantitative estimate of drug-likeness (QED) is 0.368. The number of nitrogens with one attached hydrogen (secondary N) is 2. The van der Waals surface area contributed by atoms with Crippen LogP contribution in [0.25, 0.3) is 10.9 Å². The van der Waals surface area contributed by atoms with Gasteiger partial charge < -0.3 is 21.1 Å². The van der Waals surface area contributed by atoms with Crippen LogP contribution in [-0.4, -0.2) is 27.4 Å². The summed E-state index contributed by atoms with van der Waals surface area (Å²) in [4.78, 5) is 24.6. The molecule has 0 atom stereocenters. The first-order chi connectivity index (χ1) is 15.6. The molecular weight excluding hydrogens is 428 g/mol. The molecule has 0 saturated heterocycles. The highest BCUT2D eigenvalue weighted by atomic mass is 35.5. The van der Waals surface area contributed by atoms with Crippen molar-refractivity contribution >= 4 is 45.6 Å². The van der Waals surface area contributed by atoms with Crippen molar-refractivity contribution in [3.8, 4) is 5.75 Å². The fraction of sp³-hybridized carbons (Fsp3) is 0.130. The Balaban J connectivity index is 1.52. The Morgan fingerprint density at radius 2 is 1.97 bits per heavy atom. The Hall–Kier alpha value is -3.75. The van der Waals surface area contributed by atoms with Gasteiger partial charge in [-0.15, -0.1) is 0 Å². The van der Waals surface area contributed by atoms with E-state index in [0.717, 1.165) is 22.2 Å². The molecule has 0 bridgehead atoms. The Morgan fingerprint density at radius 1 is 1.09 bits per heavy atom. The summed E-state index contributed by atoms with van der Waals surface area (Å²) in [7, 11) is 0. The first-order valence-electron chi connectivity index (χ1n) is 9.95. The number of amides is 1. The van der Waals surface area contributed by atoms with Crippen molar-refractivity contribution in [2.45, 2.75) is 13.0 Å². The minimum atomic E-state index is -0.146. The third-order valence-corrected chi connectivity index (χ3v) is 4.90. The predicted octanol–water partition coefficient (Wildman–Crippen LogP) is 4.29. The van der Waals surface area contributed by atoms with Gasteiger partial charge in [-0.3, -0.25) is 9.78 Å². The monoisotopic (exact) mass is 448 g/mol. The summed E-state index contributed by atoms with van der Waals surface area (Å²) in [6.07, 6.45) is 5.19. The second kappa shape index (κ2) is 10.0. The van der Waals surface area contributed by atoms with E-state index >= 15 is 0 Å². The number of fused-ring (bicyclic) bond motifs is 1. The molecule has 162 valence electrons. The summed E-state index contributed by atoms with van der Waals surface area (Å²) >= 11 is 6.42. The zero-order chi connectivity index (χ0) is 22.3. The number of benzene rings is 2. The minimum Gasteiger partial charge on any atom is -0.487 e. The van der Waals surface area contributed by atoms with E-state index in [4.69, 9.17) is 22.1 Å². The van der Waals surface area contributed by atoms with E-state index in [0.29, 0.717) is 28.9 Å². The number of hydrogen-bond donors (Lipinski definition) is 3. The maximum Gasteiger partial charge on any atom is 0.225 e. The van der Waals surface area contributed by atoms with Crippen LogP contribution in [0.4, 0.5) is 17.2 Å². The lowest BCUT2D eigenvalue weighted by Crippen LogP contribution is -2.16. The molecule has 32 heavy (non-hydrogen) atoms. The molecule has 0 aliphatic carbocycles. The average Bonchev–Trinajstić information content (AvgIpc) is 2.80. The van der Waals surface area contributed by atoms with Gasteiger partial charge in [0.2, 0.25) is 5.91 Å². The number of carbonyl (C=O) groups is 1. The number of carbonyl (C=O) groups excluding carboxylic acids is 1. The number of nitrogens with zero attached hydrogens (tertiary/aromatic N) is 3. The van der Waals surface area contributed by atoms with Gasteiger partial charge in [-0.1, -0.05) is 17.7 Å². The van der Waals surface area contributed by atoms with Crippen LogP contribution >= 0.6 is 11.6 Å². The molecule has 0 spiro atoms. The number of pyridine rings is 1. The van der Waals surface area contributed by atoms with E-state index in [2.05, 4.69) is 25.6 Å². The fourth-order valence-corrected chi connectivity index (χ4v) is 3.30. The molecule has 4 rings (SSSR count). The van der Waals surface area contributed by atoms with Crippen molar-refractivity contribution in [2.75, 3.05) is 17.2 Å². The van der Waals surface area contributed by atoms with Crippen LogP contribution in [0.15, 0.2) is 67.3 Å². The Morgan fingerprint density at radius 3 is 2.75 bits per heavy atom. The maximum absolute atomic E-state index is 11.9. The number of halogens is 1. The number of rotatable bonds is 8. The van der Waals surface area contributed by atoms with E-state index in [1.165, 1.54) is 6.33 Å². The van der Waals surface area contributed by atoms with E-state index in [1.54, 1.807) is 30.6 Å². The fourth-order valence-electron chi connectivity index (χ4n) is 3.07. The Labute approximate surface area is 189 Å². The molecular formula is C23H21ClN6O2. The van der Waals surface area contributed by atoms with E-state index < -0.39 is 0 Å². The summed E-state index contributed by atoms with van der Waals surface area (Å²) in [6.45, 7) is 0.660. The average molecular weight is 449 g/mol. The van der Waals surface area contributed by atoms with Crippen molar-refractivity contribution in [2.24, 2.45) is 5.73 Å². The van der Waals surface area contributed by atoms with Crippen molar-refractivity contribution < 1.29 is 9.53 Å². The number of nitrogens with two attached hydrogens (primary N) is 1. The molecule has 9 heteroatoms. The lowest BCUT2D eigenvalue weighted by atomic mass is 10.2. The van der Waals surface area contributed by atoms with Gasteiger partial charge in [0.15, 0.2) is 0 Å². The molecule has 4 N–H and O–H groups in total. The standard InChI is InChI=1S/C23H21ClN6O2/c24-19-11-17(4-6-21(19)32-13-15-2-1-9-26-12-15)30-23-18-10-16(29-22(31)7-8-25)3-5-20(18)27-14-28-23/h1-6,9-12,14H,7-8,13,25H2,(H,29,31)(H,27,28,30). The SMILES string of the molecule is NCCC(=O)Nc1ccc2ncnc(Nc3ccc(OCc4cccnc4)c(Cl)c3)c2c1. The van der Waals surface area contributed by atoms with Gasteiger partial charge in [0.1, 0.15) is 24.5 Å². The second-order valence-corrected chi connectivity index (χ2v) is 7.37. The molecule has 2 heterocycles. The molecule has 2 aromatic heterocycles. The molecule has 1 amide bonds. The van der Waals surface area contributed by atoms with Crippen LogP contribution in [0.1, 0.15) is 12.0 Å². The lowest BCUT2D eigenvalue weighted by molar-refractivity contribution is -0.116. The lowest BCUT2D eigenvalue weighted by Gasteiger charge is -2.12. The third-order valence-electron chi connectivity index (χ3n) is 4.60. The summed E-state index contributed by atoms with van der Waals surface area (Å²) in [5.74, 6) is 1.01. The largest absolute Gasteiger partial charge is 0.487 e. The number of hydrogen-bond acceptors (Lipinski definition) is 7. The summed E-state index contributed by atoms with van der Waals surface area (Å²) in [5.41, 5.74) is 8.51. The highest BCUT2D eigenvalue weighted by molar-refractivity contribution is 6.32. The Bertz CT molecular complexity index is 1240. The number of ether oxygens (including phenoxy) is 1. The third kappa shape index (κ3) is 5.29. The van der Waals surface area contributed by atoms with Crippen LogP contribution < -0.4 is 21.1 Å².